The normalized spacial score (nSPS) is 11.2. The summed E-state index contributed by atoms with van der Waals surface area (Å²) in [4.78, 5) is 8.70. The molecule has 0 N–H and O–H groups in total. The van der Waals surface area contributed by atoms with Gasteiger partial charge in [0.05, 0.1) is 18.3 Å². The van der Waals surface area contributed by atoms with E-state index in [-0.39, 0.29) is 0 Å². The van der Waals surface area contributed by atoms with Crippen LogP contribution in [0.15, 0.2) is 54.6 Å². The van der Waals surface area contributed by atoms with Gasteiger partial charge in [-0.2, -0.15) is 8.75 Å². The minimum atomic E-state index is 0.679. The van der Waals surface area contributed by atoms with E-state index in [1.165, 1.54) is 79.2 Å². The first kappa shape index (κ1) is 22.9. The number of benzene rings is 2. The Labute approximate surface area is 212 Å². The lowest BCUT2D eigenvalue weighted by Crippen LogP contribution is -1.85. The molecule has 0 bridgehead atoms. The van der Waals surface area contributed by atoms with Gasteiger partial charge in [-0.15, -0.1) is 22.7 Å². The Balaban J connectivity index is 1.53. The van der Waals surface area contributed by atoms with E-state index in [4.69, 9.17) is 6.57 Å². The van der Waals surface area contributed by atoms with Crippen LogP contribution in [0.3, 0.4) is 0 Å². The molecule has 0 aliphatic heterocycles. The highest BCUT2D eigenvalue weighted by Crippen LogP contribution is 2.45. The van der Waals surface area contributed by atoms with Crippen molar-refractivity contribution < 1.29 is 0 Å². The predicted molar refractivity (Wildman–Crippen MR) is 148 cm³/mol. The van der Waals surface area contributed by atoms with E-state index in [1.54, 1.807) is 0 Å². The van der Waals surface area contributed by atoms with E-state index in [0.29, 0.717) is 5.69 Å². The van der Waals surface area contributed by atoms with Gasteiger partial charge in [0, 0.05) is 25.1 Å². The minimum absolute atomic E-state index is 0.679. The molecule has 3 heterocycles. The molecule has 6 heteroatoms. The third kappa shape index (κ3) is 4.56. The molecule has 0 aliphatic carbocycles. The van der Waals surface area contributed by atoms with E-state index in [1.807, 2.05) is 46.9 Å². The highest BCUT2D eigenvalue weighted by Gasteiger charge is 2.18. The van der Waals surface area contributed by atoms with E-state index >= 15 is 0 Å². The average molecular weight is 500 g/mol. The highest BCUT2D eigenvalue weighted by atomic mass is 32.1. The number of nitrogens with zero attached hydrogens (tertiary/aromatic N) is 3. The highest BCUT2D eigenvalue weighted by molar-refractivity contribution is 7.25. The van der Waals surface area contributed by atoms with E-state index in [0.717, 1.165) is 17.5 Å². The van der Waals surface area contributed by atoms with Gasteiger partial charge in [0.1, 0.15) is 11.0 Å². The second kappa shape index (κ2) is 10.2. The van der Waals surface area contributed by atoms with Gasteiger partial charge in [-0.05, 0) is 54.7 Å². The molecule has 0 saturated carbocycles. The van der Waals surface area contributed by atoms with Crippen LogP contribution in [0.5, 0.6) is 0 Å². The molecule has 0 saturated heterocycles. The van der Waals surface area contributed by atoms with Crippen LogP contribution in [0.1, 0.15) is 43.7 Å². The smallest absolute Gasteiger partial charge is 0.187 e. The molecule has 5 aromatic rings. The Morgan fingerprint density at radius 1 is 0.824 bits per heavy atom. The van der Waals surface area contributed by atoms with E-state index < -0.39 is 0 Å². The third-order valence-electron chi connectivity index (χ3n) is 6.10. The van der Waals surface area contributed by atoms with Crippen LogP contribution in [-0.2, 0) is 6.42 Å². The summed E-state index contributed by atoms with van der Waals surface area (Å²) in [6.45, 7) is 11.5. The Bertz CT molecular complexity index is 1470. The molecule has 3 nitrogen and oxygen atoms in total. The lowest BCUT2D eigenvalue weighted by molar-refractivity contribution is 0.668. The monoisotopic (exact) mass is 499 g/mol. The van der Waals surface area contributed by atoms with Crippen molar-refractivity contribution in [3.8, 4) is 30.6 Å². The second-order valence-electron chi connectivity index (χ2n) is 8.49. The number of thiophene rings is 2. The van der Waals surface area contributed by atoms with Crippen LogP contribution in [0, 0.1) is 13.5 Å². The van der Waals surface area contributed by atoms with Gasteiger partial charge in [-0.25, -0.2) is 4.85 Å². The zero-order valence-corrected chi connectivity index (χ0v) is 21.7. The number of unbranched alkanes of at least 4 members (excludes halogenated alkanes) is 3. The second-order valence-corrected chi connectivity index (χ2v) is 11.2. The molecule has 0 unspecified atom stereocenters. The molecule has 5 rings (SSSR count). The van der Waals surface area contributed by atoms with Crippen molar-refractivity contribution >= 4 is 51.1 Å². The first-order valence-corrected chi connectivity index (χ1v) is 14.0. The first-order valence-electron chi connectivity index (χ1n) is 11.6. The number of rotatable bonds is 8. The maximum absolute atomic E-state index is 7.19. The molecule has 170 valence electrons. The third-order valence-corrected chi connectivity index (χ3v) is 9.16. The summed E-state index contributed by atoms with van der Waals surface area (Å²) in [5.41, 5.74) is 7.68. The van der Waals surface area contributed by atoms with Crippen molar-refractivity contribution in [3.05, 3.63) is 77.1 Å². The van der Waals surface area contributed by atoms with Crippen molar-refractivity contribution in [2.24, 2.45) is 0 Å². The topological polar surface area (TPSA) is 30.1 Å². The number of aryl methyl sites for hydroxylation is 2. The number of hydrogen-bond acceptors (Lipinski definition) is 5. The van der Waals surface area contributed by atoms with Crippen LogP contribution in [0.25, 0.3) is 46.5 Å². The maximum Gasteiger partial charge on any atom is 0.187 e. The molecular formula is C28H25N3S3. The molecule has 0 amide bonds. The zero-order valence-electron chi connectivity index (χ0n) is 19.3. The lowest BCUT2D eigenvalue weighted by Gasteiger charge is -2.02. The summed E-state index contributed by atoms with van der Waals surface area (Å²) in [6.07, 6.45) is 6.13. The molecule has 0 fully saturated rings. The summed E-state index contributed by atoms with van der Waals surface area (Å²) in [7, 11) is 0. The van der Waals surface area contributed by atoms with Crippen molar-refractivity contribution in [3.63, 3.8) is 0 Å². The summed E-state index contributed by atoms with van der Waals surface area (Å²) >= 11 is 5.00. The largest absolute Gasteiger partial charge is 0.238 e. The Kier molecular flexibility index (Phi) is 6.87. The SMILES string of the molecule is [C-]#[N+]c1ccc(-c2ccc(-c3sc(-c4ccc(C)c5nsnc45)cc3CCCCCC)s2)cc1. The first-order chi connectivity index (χ1) is 16.7. The van der Waals surface area contributed by atoms with Crippen LogP contribution in [0.4, 0.5) is 5.69 Å². The van der Waals surface area contributed by atoms with Crippen molar-refractivity contribution in [1.29, 1.82) is 0 Å². The van der Waals surface area contributed by atoms with Gasteiger partial charge in [-0.3, -0.25) is 0 Å². The average Bonchev–Trinajstić information content (AvgIpc) is 3.62. The van der Waals surface area contributed by atoms with E-state index in [2.05, 4.69) is 57.8 Å². The fourth-order valence-electron chi connectivity index (χ4n) is 4.20. The Morgan fingerprint density at radius 2 is 1.62 bits per heavy atom. The number of aromatic nitrogens is 2. The Hall–Kier alpha value is -2.85. The van der Waals surface area contributed by atoms with Gasteiger partial charge in [0.15, 0.2) is 5.69 Å². The molecule has 3 aromatic heterocycles. The summed E-state index contributed by atoms with van der Waals surface area (Å²) < 4.78 is 9.16. The van der Waals surface area contributed by atoms with Crippen LogP contribution in [0.2, 0.25) is 0 Å². The standard InChI is InChI=1S/C28H25N3S3/c1-4-5-6-7-8-20-17-25(22-14-9-18(2)26-27(22)31-34-30-26)33-28(20)24-16-15-23(32-24)19-10-12-21(29-3)13-11-19/h9-17H,4-8H2,1-2H3. The maximum atomic E-state index is 7.19. The van der Waals surface area contributed by atoms with Crippen LogP contribution >= 0.6 is 34.4 Å². The van der Waals surface area contributed by atoms with Crippen LogP contribution in [-0.4, -0.2) is 8.75 Å². The quantitative estimate of drug-likeness (QED) is 0.157. The molecule has 0 radical (unpaired) electrons. The fraction of sp³-hybridized carbons (Fsp3) is 0.250. The predicted octanol–water partition coefficient (Wildman–Crippen LogP) is 9.80. The summed E-state index contributed by atoms with van der Waals surface area (Å²) in [6, 6.07) is 19.1. The minimum Gasteiger partial charge on any atom is -0.238 e. The van der Waals surface area contributed by atoms with Gasteiger partial charge >= 0.3 is 0 Å². The van der Waals surface area contributed by atoms with Gasteiger partial charge < -0.3 is 0 Å². The van der Waals surface area contributed by atoms with Crippen molar-refractivity contribution in [2.75, 3.05) is 0 Å². The summed E-state index contributed by atoms with van der Waals surface area (Å²) in [5, 5.41) is 0. The molecule has 0 atom stereocenters. The number of fused-ring (bicyclic) bond motifs is 1. The molecule has 2 aromatic carbocycles. The molecule has 34 heavy (non-hydrogen) atoms. The molecular weight excluding hydrogens is 475 g/mol. The zero-order chi connectivity index (χ0) is 23.5. The van der Waals surface area contributed by atoms with Gasteiger partial charge in [0.2, 0.25) is 0 Å². The summed E-state index contributed by atoms with van der Waals surface area (Å²) in [5.74, 6) is 0. The lowest BCUT2D eigenvalue weighted by atomic mass is 10.0. The van der Waals surface area contributed by atoms with Crippen LogP contribution < -0.4 is 0 Å². The van der Waals surface area contributed by atoms with Gasteiger partial charge in [0.25, 0.3) is 0 Å². The van der Waals surface area contributed by atoms with Gasteiger partial charge in [-0.1, -0.05) is 62.6 Å². The molecule has 0 spiro atoms. The fourth-order valence-corrected chi connectivity index (χ4v) is 7.22. The molecule has 0 aliphatic rings. The Morgan fingerprint density at radius 3 is 2.41 bits per heavy atom. The van der Waals surface area contributed by atoms with Crippen molar-refractivity contribution in [1.82, 2.24) is 8.75 Å². The van der Waals surface area contributed by atoms with E-state index in [9.17, 15) is 0 Å². The number of hydrogen-bond donors (Lipinski definition) is 0. The van der Waals surface area contributed by atoms with Crippen molar-refractivity contribution in [2.45, 2.75) is 46.0 Å².